The number of ether oxygens (including phenoxy) is 1. The van der Waals surface area contributed by atoms with Gasteiger partial charge in [-0.1, -0.05) is 0 Å². The molecule has 0 saturated carbocycles. The third-order valence-electron chi connectivity index (χ3n) is 6.53. The number of nitrogens with zero attached hydrogens (tertiary/aromatic N) is 1. The van der Waals surface area contributed by atoms with Gasteiger partial charge in [0.05, 0.1) is 0 Å². The topological polar surface area (TPSA) is 83.4 Å². The van der Waals surface area contributed by atoms with Crippen LogP contribution in [0.5, 0.6) is 5.75 Å². The van der Waals surface area contributed by atoms with Crippen LogP contribution in [-0.2, 0) is 42.1 Å². The predicted molar refractivity (Wildman–Crippen MR) is 128 cm³/mol. The number of carbonyl (C=O) groups excluding carboxylic acids is 2. The smallest absolute Gasteiger partial charge is 0.430 e. The molecule has 0 unspecified atom stereocenters. The van der Waals surface area contributed by atoms with Crippen LogP contribution in [0.3, 0.4) is 0 Å². The number of hydrogen-bond acceptors (Lipinski definition) is 4. The van der Waals surface area contributed by atoms with E-state index < -0.39 is 20.4 Å². The number of aliphatic carboxylic acids is 1. The fourth-order valence-electron chi connectivity index (χ4n) is 5.37. The zero-order valence-electron chi connectivity index (χ0n) is 21.8. The molecule has 1 heterocycles. The molecule has 1 N–H and O–H groups in total. The SMILES string of the molecule is COc1ccc2c(c(CCNC(C)=O)cn2[Si](C(C)C)(C(C)C)C(C)C)[c]1[Hg+].O=C([O-])C(F)(F)F. The van der Waals surface area contributed by atoms with Gasteiger partial charge in [0, 0.05) is 0 Å². The van der Waals surface area contributed by atoms with Crippen molar-refractivity contribution in [1.29, 1.82) is 0 Å². The summed E-state index contributed by atoms with van der Waals surface area (Å²) in [6, 6.07) is 4.42. The van der Waals surface area contributed by atoms with Gasteiger partial charge in [0.2, 0.25) is 0 Å². The average molecular weight is 701 g/mol. The summed E-state index contributed by atoms with van der Waals surface area (Å²) in [6.45, 7) is 16.7. The van der Waals surface area contributed by atoms with E-state index in [1.807, 2.05) is 0 Å². The number of alkyl halides is 3. The molecule has 0 spiro atoms. The van der Waals surface area contributed by atoms with E-state index in [-0.39, 0.29) is 5.91 Å². The van der Waals surface area contributed by atoms with E-state index in [4.69, 9.17) is 14.6 Å². The third kappa shape index (κ3) is 7.02. The van der Waals surface area contributed by atoms with E-state index >= 15 is 0 Å². The maximum atomic E-state index is 11.4. The zero-order chi connectivity index (χ0) is 27.3. The Kier molecular flexibility index (Phi) is 11.3. The monoisotopic (exact) mass is 702 g/mol. The van der Waals surface area contributed by atoms with E-state index in [2.05, 4.69) is 69.4 Å². The van der Waals surface area contributed by atoms with Gasteiger partial charge in [0.25, 0.3) is 0 Å². The molecule has 0 atom stereocenters. The first-order valence-corrected chi connectivity index (χ1v) is 16.5. The largest absolute Gasteiger partial charge is 0.542 e. The van der Waals surface area contributed by atoms with E-state index in [0.29, 0.717) is 49.3 Å². The standard InChI is InChI=1S/C22H35N2O2Si.C2HF3O2.Hg/c1-15(2)27(16(3)4,17(5)6)24-14-19(11-12-23-18(7)25)21-13-20(26-8)9-10-22(21)24;3-2(4,5)1(6)7;/h9-10,14-17H,11-12H2,1-8H3,(H,23,25);(H,6,7);/q;;+1/p-1. The second-order valence-corrected chi connectivity index (χ2v) is 18.0. The van der Waals surface area contributed by atoms with Crippen LogP contribution >= 0.6 is 0 Å². The summed E-state index contributed by atoms with van der Waals surface area (Å²) in [4.78, 5) is 20.2. The second-order valence-electron chi connectivity index (χ2n) is 9.53. The Hall–Kier alpha value is -1.56. The van der Waals surface area contributed by atoms with Gasteiger partial charge in [-0.2, -0.15) is 13.2 Å². The van der Waals surface area contributed by atoms with Gasteiger partial charge in [0.15, 0.2) is 0 Å². The normalized spacial score (nSPS) is 12.2. The van der Waals surface area contributed by atoms with Crippen LogP contribution in [0.4, 0.5) is 13.2 Å². The summed E-state index contributed by atoms with van der Waals surface area (Å²) < 4.78 is 41.3. The maximum absolute atomic E-state index is 11.4. The van der Waals surface area contributed by atoms with Crippen LogP contribution in [0.1, 0.15) is 54.0 Å². The minimum atomic E-state index is -5.19. The molecule has 0 bridgehead atoms. The molecule has 1 aromatic carbocycles. The molecule has 0 aliphatic heterocycles. The molecule has 0 saturated heterocycles. The van der Waals surface area contributed by atoms with Crippen LogP contribution < -0.4 is 18.2 Å². The number of aromatic nitrogens is 1. The van der Waals surface area contributed by atoms with E-state index in [0.717, 1.165) is 12.2 Å². The maximum Gasteiger partial charge on any atom is 0.430 e. The molecule has 1 amide bonds. The van der Waals surface area contributed by atoms with Gasteiger partial charge >= 0.3 is 194 Å². The predicted octanol–water partition coefficient (Wildman–Crippen LogP) is 3.82. The summed E-state index contributed by atoms with van der Waals surface area (Å²) in [5.41, 5.74) is 4.63. The zero-order valence-corrected chi connectivity index (χ0v) is 28.3. The summed E-state index contributed by atoms with van der Waals surface area (Å²) in [7, 11) is -0.0839. The Morgan fingerprint density at radius 3 is 1.97 bits per heavy atom. The van der Waals surface area contributed by atoms with Gasteiger partial charge in [-0.3, -0.25) is 0 Å². The first-order valence-electron chi connectivity index (χ1n) is 11.6. The molecule has 6 nitrogen and oxygen atoms in total. The van der Waals surface area contributed by atoms with Crippen LogP contribution in [0, 0.1) is 0 Å². The van der Waals surface area contributed by atoms with Gasteiger partial charge in [-0.25, -0.2) is 0 Å². The number of fused-ring (bicyclic) bond motifs is 1. The number of halogens is 3. The third-order valence-corrected chi connectivity index (χ3v) is 16.0. The number of carbonyl (C=O) groups is 2. The molecule has 11 heteroatoms. The summed E-state index contributed by atoms with van der Waals surface area (Å²) in [5.74, 6) is -1.96. The van der Waals surface area contributed by atoms with Gasteiger partial charge in [-0.05, 0) is 0 Å². The Balaban J connectivity index is 0.000000762. The average Bonchev–Trinajstić information content (AvgIpc) is 3.07. The molecular formula is C24H35F3HgN2O4Si. The van der Waals surface area contributed by atoms with Gasteiger partial charge in [0.1, 0.15) is 5.97 Å². The Labute approximate surface area is 222 Å². The number of rotatable bonds is 8. The van der Waals surface area contributed by atoms with Crippen molar-refractivity contribution in [3.8, 4) is 5.75 Å². The first kappa shape index (κ1) is 31.5. The van der Waals surface area contributed by atoms with Crippen molar-refractivity contribution in [1.82, 2.24) is 9.55 Å². The molecule has 0 aliphatic rings. The van der Waals surface area contributed by atoms with E-state index in [9.17, 15) is 18.0 Å². The van der Waals surface area contributed by atoms with Crippen molar-refractivity contribution in [3.63, 3.8) is 0 Å². The molecule has 2 rings (SSSR count). The molecule has 0 fully saturated rings. The molecule has 1 aromatic heterocycles. The van der Waals surface area contributed by atoms with Crippen molar-refractivity contribution in [3.05, 3.63) is 23.9 Å². The molecule has 0 aliphatic carbocycles. The quantitative estimate of drug-likeness (QED) is 0.425. The molecular weight excluding hydrogens is 666 g/mol. The molecule has 192 valence electrons. The summed E-state index contributed by atoms with van der Waals surface area (Å²) in [5, 5.41) is 13.1. The Bertz CT molecular complexity index is 1010. The molecule has 2 aromatic rings. The molecule has 35 heavy (non-hydrogen) atoms. The fourth-order valence-corrected chi connectivity index (χ4v) is 14.6. The van der Waals surface area contributed by atoms with Crippen LogP contribution in [0.2, 0.25) is 16.6 Å². The van der Waals surface area contributed by atoms with E-state index in [1.165, 1.54) is 19.5 Å². The summed E-state index contributed by atoms with van der Waals surface area (Å²) >= 11 is 0.444. The number of hydrogen-bond donors (Lipinski definition) is 1. The number of carboxylic acids is 1. The number of amides is 1. The minimum absolute atomic E-state index is 0.0337. The number of nitrogens with one attached hydrogen (secondary N) is 1. The number of carboxylic acid groups (broad SMARTS) is 1. The van der Waals surface area contributed by atoms with E-state index in [1.54, 1.807) is 14.0 Å². The van der Waals surface area contributed by atoms with Crippen LogP contribution in [-0.4, -0.2) is 44.2 Å². The number of benzene rings is 1. The first-order chi connectivity index (χ1) is 16.0. The van der Waals surface area contributed by atoms with Gasteiger partial charge in [-0.15, -0.1) is 0 Å². The van der Waals surface area contributed by atoms with Crippen molar-refractivity contribution >= 4 is 34.1 Å². The van der Waals surface area contributed by atoms with Gasteiger partial charge < -0.3 is 9.90 Å². The number of methoxy groups -OCH3 is 1. The fraction of sp³-hybridized carbons (Fsp3) is 0.583. The Morgan fingerprint density at radius 1 is 1.11 bits per heavy atom. The molecule has 0 radical (unpaired) electrons. The van der Waals surface area contributed by atoms with Crippen molar-refractivity contribution in [2.75, 3.05) is 13.7 Å². The minimum Gasteiger partial charge on any atom is -0.542 e. The van der Waals surface area contributed by atoms with Crippen LogP contribution in [0.15, 0.2) is 18.3 Å². The second kappa shape index (κ2) is 12.6. The van der Waals surface area contributed by atoms with Crippen molar-refractivity contribution in [2.24, 2.45) is 0 Å². The Morgan fingerprint density at radius 2 is 1.60 bits per heavy atom. The van der Waals surface area contributed by atoms with Crippen molar-refractivity contribution < 1.29 is 58.7 Å². The van der Waals surface area contributed by atoms with Crippen LogP contribution in [0.25, 0.3) is 10.9 Å². The summed E-state index contributed by atoms with van der Waals surface area (Å²) in [6.07, 6.45) is -1.91. The van der Waals surface area contributed by atoms with Crippen molar-refractivity contribution in [2.45, 2.75) is 77.7 Å².